The monoisotopic (exact) mass is 332 g/mol. The molecule has 0 aliphatic rings. The molecule has 0 fully saturated rings. The van der Waals surface area contributed by atoms with Gasteiger partial charge in [0.05, 0.1) is 0 Å². The maximum absolute atomic E-state index is 5.69. The van der Waals surface area contributed by atoms with Crippen LogP contribution in [-0.2, 0) is 0 Å². The Kier molecular flexibility index (Phi) is 4.92. The summed E-state index contributed by atoms with van der Waals surface area (Å²) in [5, 5.41) is 2.43. The van der Waals surface area contributed by atoms with Gasteiger partial charge in [-0.15, -0.1) is 0 Å². The molecule has 0 N–H and O–H groups in total. The van der Waals surface area contributed by atoms with E-state index in [-0.39, 0.29) is 0 Å². The summed E-state index contributed by atoms with van der Waals surface area (Å²) in [6.07, 6.45) is 3.93. The van der Waals surface area contributed by atoms with Gasteiger partial charge in [-0.1, -0.05) is 60.7 Å². The fourth-order valence-corrected chi connectivity index (χ4v) is 2.86. The minimum atomic E-state index is 0.755. The lowest BCUT2D eigenvalue weighted by molar-refractivity contribution is 0.564. The van der Waals surface area contributed by atoms with Crippen LogP contribution in [0.25, 0.3) is 10.8 Å². The van der Waals surface area contributed by atoms with Crippen LogP contribution in [0.15, 0.2) is 85.1 Å². The lowest BCUT2D eigenvalue weighted by atomic mass is 10.1. The van der Waals surface area contributed by atoms with Gasteiger partial charge in [-0.25, -0.2) is 0 Å². The number of anilines is 2. The molecule has 3 aromatic carbocycles. The molecule has 2 nitrogen and oxygen atoms in total. The van der Waals surface area contributed by atoms with E-state index in [9.17, 15) is 0 Å². The average molecular weight is 332 g/mol. The molecule has 3 rings (SSSR count). The van der Waals surface area contributed by atoms with Gasteiger partial charge in [0.2, 0.25) is 0 Å². The SMILES string of the molecule is CN(C)C=CC(=S)N(c1ccccc1)c1ccc2ccccc2c1. The van der Waals surface area contributed by atoms with Gasteiger partial charge in [-0.05, 0) is 41.1 Å². The van der Waals surface area contributed by atoms with Crippen molar-refractivity contribution in [1.82, 2.24) is 4.90 Å². The van der Waals surface area contributed by atoms with Crippen LogP contribution in [0.5, 0.6) is 0 Å². The van der Waals surface area contributed by atoms with Gasteiger partial charge in [-0.3, -0.25) is 0 Å². The fourth-order valence-electron chi connectivity index (χ4n) is 2.58. The normalized spacial score (nSPS) is 10.9. The molecule has 0 radical (unpaired) electrons. The topological polar surface area (TPSA) is 6.48 Å². The van der Waals surface area contributed by atoms with Gasteiger partial charge < -0.3 is 9.80 Å². The molecule has 0 bridgehead atoms. The minimum absolute atomic E-state index is 0.755. The van der Waals surface area contributed by atoms with Gasteiger partial charge in [0, 0.05) is 31.7 Å². The van der Waals surface area contributed by atoms with E-state index in [1.165, 1.54) is 10.8 Å². The third-order valence-corrected chi connectivity index (χ3v) is 4.06. The number of hydrogen-bond acceptors (Lipinski definition) is 2. The second-order valence-electron chi connectivity index (χ2n) is 5.82. The van der Waals surface area contributed by atoms with Crippen molar-refractivity contribution in [2.45, 2.75) is 0 Å². The van der Waals surface area contributed by atoms with Crippen LogP contribution in [0.3, 0.4) is 0 Å². The Hall–Kier alpha value is -2.65. The van der Waals surface area contributed by atoms with E-state index in [0.717, 1.165) is 16.4 Å². The summed E-state index contributed by atoms with van der Waals surface area (Å²) in [4.78, 5) is 4.84. The molecule has 0 aliphatic heterocycles. The smallest absolute Gasteiger partial charge is 0.112 e. The summed E-state index contributed by atoms with van der Waals surface area (Å²) in [5.41, 5.74) is 2.12. The molecule has 0 spiro atoms. The van der Waals surface area contributed by atoms with Crippen molar-refractivity contribution in [1.29, 1.82) is 0 Å². The van der Waals surface area contributed by atoms with Gasteiger partial charge in [0.15, 0.2) is 0 Å². The predicted octanol–water partition coefficient (Wildman–Crippen LogP) is 5.38. The molecular formula is C21H20N2S. The number of nitrogens with zero attached hydrogens (tertiary/aromatic N) is 2. The highest BCUT2D eigenvalue weighted by molar-refractivity contribution is 7.81. The summed E-state index contributed by atoms with van der Waals surface area (Å²) < 4.78 is 0. The Bertz CT molecular complexity index is 869. The molecule has 24 heavy (non-hydrogen) atoms. The van der Waals surface area contributed by atoms with Crippen molar-refractivity contribution >= 4 is 39.4 Å². The van der Waals surface area contributed by atoms with E-state index in [0.29, 0.717) is 0 Å². The average Bonchev–Trinajstić information content (AvgIpc) is 2.61. The van der Waals surface area contributed by atoms with Crippen LogP contribution in [0.4, 0.5) is 11.4 Å². The molecule has 120 valence electrons. The van der Waals surface area contributed by atoms with E-state index in [4.69, 9.17) is 12.2 Å². The maximum atomic E-state index is 5.69. The predicted molar refractivity (Wildman–Crippen MR) is 108 cm³/mol. The molecular weight excluding hydrogens is 312 g/mol. The van der Waals surface area contributed by atoms with E-state index in [1.54, 1.807) is 0 Å². The summed E-state index contributed by atoms with van der Waals surface area (Å²) >= 11 is 5.69. The highest BCUT2D eigenvalue weighted by Crippen LogP contribution is 2.29. The highest BCUT2D eigenvalue weighted by atomic mass is 32.1. The maximum Gasteiger partial charge on any atom is 0.112 e. The van der Waals surface area contributed by atoms with E-state index in [1.807, 2.05) is 49.5 Å². The van der Waals surface area contributed by atoms with Crippen LogP contribution < -0.4 is 4.90 Å². The standard InChI is InChI=1S/C21H20N2S/c1-22(2)15-14-21(24)23(19-10-4-3-5-11-19)20-13-12-17-8-6-7-9-18(17)16-20/h3-16H,1-2H3. The molecule has 3 aromatic rings. The van der Waals surface area contributed by atoms with Crippen LogP contribution in [0, 0.1) is 0 Å². The fraction of sp³-hybridized carbons (Fsp3) is 0.0952. The molecule has 0 heterocycles. The van der Waals surface area contributed by atoms with Crippen molar-refractivity contribution in [3.63, 3.8) is 0 Å². The number of thiocarbonyl (C=S) groups is 1. The van der Waals surface area contributed by atoms with Gasteiger partial charge in [0.1, 0.15) is 4.99 Å². The van der Waals surface area contributed by atoms with Crippen LogP contribution in [0.1, 0.15) is 0 Å². The zero-order valence-corrected chi connectivity index (χ0v) is 14.7. The van der Waals surface area contributed by atoms with Crippen LogP contribution >= 0.6 is 12.2 Å². The number of rotatable bonds is 4. The van der Waals surface area contributed by atoms with Gasteiger partial charge in [-0.2, -0.15) is 0 Å². The summed E-state index contributed by atoms with van der Waals surface area (Å²) in [5.74, 6) is 0. The molecule has 0 saturated carbocycles. The second kappa shape index (κ2) is 7.28. The first kappa shape index (κ1) is 16.2. The zero-order chi connectivity index (χ0) is 16.9. The van der Waals surface area contributed by atoms with Crippen LogP contribution in [0.2, 0.25) is 0 Å². The Morgan fingerprint density at radius 3 is 2.17 bits per heavy atom. The lowest BCUT2D eigenvalue weighted by Gasteiger charge is -2.24. The summed E-state index contributed by atoms with van der Waals surface area (Å²) in [6.45, 7) is 0. The molecule has 0 amide bonds. The van der Waals surface area contributed by atoms with E-state index < -0.39 is 0 Å². The molecule has 0 aromatic heterocycles. The second-order valence-corrected chi connectivity index (χ2v) is 6.24. The Balaban J connectivity index is 2.07. The third-order valence-electron chi connectivity index (χ3n) is 3.74. The molecule has 0 saturated heterocycles. The first-order valence-corrected chi connectivity index (χ1v) is 8.28. The molecule has 0 aliphatic carbocycles. The number of benzene rings is 3. The Morgan fingerprint density at radius 2 is 1.46 bits per heavy atom. The number of fused-ring (bicyclic) bond motifs is 1. The van der Waals surface area contributed by atoms with Crippen molar-refractivity contribution in [2.24, 2.45) is 0 Å². The molecule has 0 unspecified atom stereocenters. The van der Waals surface area contributed by atoms with Crippen molar-refractivity contribution in [3.05, 3.63) is 85.1 Å². The molecule has 0 atom stereocenters. The first-order valence-electron chi connectivity index (χ1n) is 7.88. The Morgan fingerprint density at radius 1 is 0.792 bits per heavy atom. The summed E-state index contributed by atoms with van der Waals surface area (Å²) in [6, 6.07) is 25.0. The van der Waals surface area contributed by atoms with Crippen LogP contribution in [-0.4, -0.2) is 24.0 Å². The number of para-hydroxylation sites is 1. The zero-order valence-electron chi connectivity index (χ0n) is 13.9. The number of hydrogen-bond donors (Lipinski definition) is 0. The summed E-state index contributed by atoms with van der Waals surface area (Å²) in [7, 11) is 3.98. The van der Waals surface area contributed by atoms with Crippen molar-refractivity contribution in [3.8, 4) is 0 Å². The minimum Gasteiger partial charge on any atom is -0.383 e. The van der Waals surface area contributed by atoms with E-state index in [2.05, 4.69) is 59.5 Å². The molecule has 3 heteroatoms. The largest absolute Gasteiger partial charge is 0.383 e. The third kappa shape index (κ3) is 3.63. The Labute approximate surface area is 148 Å². The highest BCUT2D eigenvalue weighted by Gasteiger charge is 2.13. The van der Waals surface area contributed by atoms with Gasteiger partial charge in [0.25, 0.3) is 0 Å². The van der Waals surface area contributed by atoms with Crippen molar-refractivity contribution < 1.29 is 0 Å². The lowest BCUT2D eigenvalue weighted by Crippen LogP contribution is -2.22. The first-order chi connectivity index (χ1) is 11.6. The van der Waals surface area contributed by atoms with Gasteiger partial charge >= 0.3 is 0 Å². The van der Waals surface area contributed by atoms with Crippen molar-refractivity contribution in [2.75, 3.05) is 19.0 Å². The quantitative estimate of drug-likeness (QED) is 0.468. The van der Waals surface area contributed by atoms with E-state index >= 15 is 0 Å².